The van der Waals surface area contributed by atoms with Crippen molar-refractivity contribution in [2.45, 2.75) is 32.4 Å². The van der Waals surface area contributed by atoms with Crippen molar-refractivity contribution in [2.24, 2.45) is 0 Å². The largest absolute Gasteiger partial charge is 0.478 e. The third kappa shape index (κ3) is 4.56. The van der Waals surface area contributed by atoms with Gasteiger partial charge < -0.3 is 15.2 Å². The van der Waals surface area contributed by atoms with Crippen molar-refractivity contribution in [1.82, 2.24) is 14.8 Å². The Labute approximate surface area is 197 Å². The van der Waals surface area contributed by atoms with E-state index in [9.17, 15) is 9.90 Å². The molecule has 1 aliphatic rings. The Morgan fingerprint density at radius 2 is 2.03 bits per heavy atom. The molecule has 1 saturated heterocycles. The average Bonchev–Trinajstić information content (AvgIpc) is 3.21. The first-order valence-electron chi connectivity index (χ1n) is 11.4. The number of pyridine rings is 1. The first-order chi connectivity index (χ1) is 16.6. The highest BCUT2D eigenvalue weighted by Gasteiger charge is 2.21. The lowest BCUT2D eigenvalue weighted by Crippen LogP contribution is -2.19. The molecular formula is C27H26N4O3. The number of aromatic nitrogens is 3. The fraction of sp³-hybridized carbons (Fsp3) is 0.222. The van der Waals surface area contributed by atoms with E-state index in [0.717, 1.165) is 52.8 Å². The Balaban J connectivity index is 1.55. The molecule has 1 unspecified atom stereocenters. The molecule has 0 amide bonds. The molecule has 1 fully saturated rings. The van der Waals surface area contributed by atoms with E-state index in [0.29, 0.717) is 12.3 Å². The first kappa shape index (κ1) is 21.9. The molecule has 0 aliphatic carbocycles. The van der Waals surface area contributed by atoms with Crippen LogP contribution in [0.15, 0.2) is 60.8 Å². The maximum Gasteiger partial charge on any atom is 0.337 e. The first-order valence-corrected chi connectivity index (χ1v) is 11.4. The molecule has 34 heavy (non-hydrogen) atoms. The number of aromatic carboxylic acids is 1. The molecule has 5 rings (SSSR count). The van der Waals surface area contributed by atoms with Crippen LogP contribution in [0.4, 0.5) is 11.4 Å². The Hall–Kier alpha value is -3.97. The van der Waals surface area contributed by atoms with Gasteiger partial charge in [0, 0.05) is 23.9 Å². The summed E-state index contributed by atoms with van der Waals surface area (Å²) in [5.41, 5.74) is 5.35. The van der Waals surface area contributed by atoms with Crippen LogP contribution in [0.1, 0.15) is 52.8 Å². The SMILES string of the molecule is Cc1ccnc(/C=C/c2nn(C3CCCCO3)c3cc(Nc4ccccc4C(=O)O)ccc23)c1. The van der Waals surface area contributed by atoms with Gasteiger partial charge in [0.25, 0.3) is 0 Å². The van der Waals surface area contributed by atoms with Gasteiger partial charge in [0.2, 0.25) is 0 Å². The van der Waals surface area contributed by atoms with Crippen molar-refractivity contribution < 1.29 is 14.6 Å². The molecule has 3 heterocycles. The topological polar surface area (TPSA) is 89.3 Å². The number of hydrogen-bond donors (Lipinski definition) is 2. The van der Waals surface area contributed by atoms with E-state index in [1.165, 1.54) is 0 Å². The molecule has 2 aromatic carbocycles. The van der Waals surface area contributed by atoms with Crippen LogP contribution in [0.3, 0.4) is 0 Å². The zero-order valence-corrected chi connectivity index (χ0v) is 18.9. The number of hydrogen-bond acceptors (Lipinski definition) is 5. The van der Waals surface area contributed by atoms with E-state index in [2.05, 4.69) is 10.3 Å². The number of rotatable bonds is 6. The Bertz CT molecular complexity index is 1370. The van der Waals surface area contributed by atoms with Crippen molar-refractivity contribution in [3.63, 3.8) is 0 Å². The van der Waals surface area contributed by atoms with Gasteiger partial charge in [0.1, 0.15) is 0 Å². The van der Waals surface area contributed by atoms with E-state index in [4.69, 9.17) is 9.84 Å². The number of anilines is 2. The number of fused-ring (bicyclic) bond motifs is 1. The molecule has 172 valence electrons. The van der Waals surface area contributed by atoms with Crippen molar-refractivity contribution in [2.75, 3.05) is 11.9 Å². The number of aryl methyl sites for hydroxylation is 1. The van der Waals surface area contributed by atoms with E-state index < -0.39 is 5.97 Å². The molecule has 0 bridgehead atoms. The molecule has 0 spiro atoms. The minimum absolute atomic E-state index is 0.128. The smallest absolute Gasteiger partial charge is 0.337 e. The summed E-state index contributed by atoms with van der Waals surface area (Å²) in [5, 5.41) is 18.7. The van der Waals surface area contributed by atoms with Gasteiger partial charge in [0.15, 0.2) is 6.23 Å². The highest BCUT2D eigenvalue weighted by molar-refractivity contribution is 5.96. The van der Waals surface area contributed by atoms with E-state index in [-0.39, 0.29) is 11.8 Å². The van der Waals surface area contributed by atoms with E-state index >= 15 is 0 Å². The molecule has 2 aromatic heterocycles. The lowest BCUT2D eigenvalue weighted by molar-refractivity contribution is -0.0367. The van der Waals surface area contributed by atoms with Crippen LogP contribution in [-0.2, 0) is 4.74 Å². The standard InChI is InChI=1S/C27H26N4O3/c1-18-13-14-28-19(16-18)10-12-24-21-11-9-20(29-23-7-3-2-6-22(23)27(32)33)17-25(21)31(30-24)26-8-4-5-15-34-26/h2-3,6-7,9-14,16-17,26,29H,4-5,8,15H2,1H3,(H,32,33)/b12-10+. The number of para-hydroxylation sites is 1. The summed E-state index contributed by atoms with van der Waals surface area (Å²) in [6.07, 6.45) is 8.67. The number of nitrogens with one attached hydrogen (secondary N) is 1. The molecule has 2 N–H and O–H groups in total. The summed E-state index contributed by atoms with van der Waals surface area (Å²) < 4.78 is 7.99. The van der Waals surface area contributed by atoms with Gasteiger partial charge in [-0.05, 0) is 86.4 Å². The highest BCUT2D eigenvalue weighted by Crippen LogP contribution is 2.32. The van der Waals surface area contributed by atoms with Crippen LogP contribution >= 0.6 is 0 Å². The summed E-state index contributed by atoms with van der Waals surface area (Å²) in [7, 11) is 0. The normalized spacial score (nSPS) is 16.2. The minimum atomic E-state index is -0.970. The molecule has 0 radical (unpaired) electrons. The van der Waals surface area contributed by atoms with Crippen LogP contribution < -0.4 is 5.32 Å². The predicted octanol–water partition coefficient (Wildman–Crippen LogP) is 6.05. The van der Waals surface area contributed by atoms with Crippen molar-refractivity contribution >= 4 is 40.4 Å². The molecule has 4 aromatic rings. The third-order valence-electron chi connectivity index (χ3n) is 5.95. The number of carboxylic acid groups (broad SMARTS) is 1. The van der Waals surface area contributed by atoms with Crippen molar-refractivity contribution in [3.05, 3.63) is 83.3 Å². The maximum absolute atomic E-state index is 11.6. The maximum atomic E-state index is 11.6. The molecule has 0 saturated carbocycles. The zero-order valence-electron chi connectivity index (χ0n) is 18.9. The monoisotopic (exact) mass is 454 g/mol. The Morgan fingerprint density at radius 1 is 1.15 bits per heavy atom. The summed E-state index contributed by atoms with van der Waals surface area (Å²) in [6.45, 7) is 2.76. The molecule has 7 nitrogen and oxygen atoms in total. The van der Waals surface area contributed by atoms with Crippen LogP contribution in [-0.4, -0.2) is 32.4 Å². The summed E-state index contributed by atoms with van der Waals surface area (Å²) in [5.74, 6) is -0.970. The van der Waals surface area contributed by atoms with Gasteiger partial charge in [-0.3, -0.25) is 4.98 Å². The van der Waals surface area contributed by atoms with Gasteiger partial charge in [0.05, 0.1) is 28.2 Å². The lowest BCUT2D eigenvalue weighted by Gasteiger charge is -2.23. The minimum Gasteiger partial charge on any atom is -0.478 e. The highest BCUT2D eigenvalue weighted by atomic mass is 16.5. The van der Waals surface area contributed by atoms with Crippen LogP contribution in [0.25, 0.3) is 23.1 Å². The zero-order chi connectivity index (χ0) is 23.5. The third-order valence-corrected chi connectivity index (χ3v) is 5.95. The quantitative estimate of drug-likeness (QED) is 0.369. The number of ether oxygens (including phenoxy) is 1. The van der Waals surface area contributed by atoms with Gasteiger partial charge >= 0.3 is 5.97 Å². The predicted molar refractivity (Wildman–Crippen MR) is 133 cm³/mol. The summed E-state index contributed by atoms with van der Waals surface area (Å²) in [4.78, 5) is 16.0. The fourth-order valence-electron chi connectivity index (χ4n) is 4.25. The van der Waals surface area contributed by atoms with Gasteiger partial charge in [-0.1, -0.05) is 12.1 Å². The van der Waals surface area contributed by atoms with Gasteiger partial charge in [-0.25, -0.2) is 9.48 Å². The van der Waals surface area contributed by atoms with E-state index in [1.807, 2.05) is 60.2 Å². The Kier molecular flexibility index (Phi) is 6.10. The fourth-order valence-corrected chi connectivity index (χ4v) is 4.25. The van der Waals surface area contributed by atoms with Gasteiger partial charge in [-0.15, -0.1) is 0 Å². The van der Waals surface area contributed by atoms with Crippen LogP contribution in [0, 0.1) is 6.92 Å². The molecule has 1 atom stereocenters. The van der Waals surface area contributed by atoms with Crippen LogP contribution in [0.5, 0.6) is 0 Å². The number of carbonyl (C=O) groups is 1. The second kappa shape index (κ2) is 9.49. The van der Waals surface area contributed by atoms with Crippen molar-refractivity contribution in [1.29, 1.82) is 0 Å². The number of benzene rings is 2. The average molecular weight is 455 g/mol. The second-order valence-corrected chi connectivity index (χ2v) is 8.45. The number of carboxylic acids is 1. The van der Waals surface area contributed by atoms with Crippen LogP contribution in [0.2, 0.25) is 0 Å². The molecule has 1 aliphatic heterocycles. The summed E-state index contributed by atoms with van der Waals surface area (Å²) >= 11 is 0. The molecule has 7 heteroatoms. The second-order valence-electron chi connectivity index (χ2n) is 8.45. The number of nitrogens with zero attached hydrogens (tertiary/aromatic N) is 3. The Morgan fingerprint density at radius 3 is 2.82 bits per heavy atom. The molecular weight excluding hydrogens is 428 g/mol. The van der Waals surface area contributed by atoms with E-state index in [1.54, 1.807) is 24.4 Å². The van der Waals surface area contributed by atoms with Gasteiger partial charge in [-0.2, -0.15) is 5.10 Å². The summed E-state index contributed by atoms with van der Waals surface area (Å²) in [6, 6.07) is 16.8. The lowest BCUT2D eigenvalue weighted by atomic mass is 10.1. The van der Waals surface area contributed by atoms with Crippen molar-refractivity contribution in [3.8, 4) is 0 Å².